The second-order valence-electron chi connectivity index (χ2n) is 4.96. The average Bonchev–Trinajstić information content (AvgIpc) is 2.81. The molecule has 0 aliphatic heterocycles. The van der Waals surface area contributed by atoms with Crippen molar-refractivity contribution in [1.82, 2.24) is 14.8 Å². The number of aromatic nitrogens is 3. The Morgan fingerprint density at radius 2 is 2.24 bits per heavy atom. The minimum Gasteiger partial charge on any atom is -0.478 e. The molecule has 21 heavy (non-hydrogen) atoms. The van der Waals surface area contributed by atoms with Gasteiger partial charge in [-0.25, -0.2) is 9.78 Å². The lowest BCUT2D eigenvalue weighted by Crippen LogP contribution is -2.18. The molecule has 0 aliphatic carbocycles. The molecule has 2 heterocycles. The van der Waals surface area contributed by atoms with E-state index in [1.165, 1.54) is 6.08 Å². The molecule has 2 aromatic rings. The molecule has 0 fully saturated rings. The lowest BCUT2D eigenvalue weighted by atomic mass is 10.2. The van der Waals surface area contributed by atoms with Crippen molar-refractivity contribution in [1.29, 1.82) is 0 Å². The van der Waals surface area contributed by atoms with Gasteiger partial charge in [0.2, 0.25) is 0 Å². The normalized spacial score (nSPS) is 11.0. The predicted molar refractivity (Wildman–Crippen MR) is 81.0 cm³/mol. The zero-order chi connectivity index (χ0) is 15.4. The summed E-state index contributed by atoms with van der Waals surface area (Å²) < 4.78 is 1.77. The van der Waals surface area contributed by atoms with Gasteiger partial charge in [0.15, 0.2) is 0 Å². The maximum absolute atomic E-state index is 10.5. The van der Waals surface area contributed by atoms with Gasteiger partial charge in [-0.15, -0.1) is 0 Å². The molecule has 0 aromatic carbocycles. The number of nitrogens with zero attached hydrogens (tertiary/aromatic N) is 4. The van der Waals surface area contributed by atoms with E-state index in [0.717, 1.165) is 28.6 Å². The maximum atomic E-state index is 10.5. The van der Waals surface area contributed by atoms with Crippen LogP contribution in [0.15, 0.2) is 30.7 Å². The third-order valence-electron chi connectivity index (χ3n) is 3.03. The molecule has 0 saturated heterocycles. The van der Waals surface area contributed by atoms with Crippen molar-refractivity contribution in [3.05, 3.63) is 47.4 Å². The molecule has 0 aliphatic rings. The third kappa shape index (κ3) is 3.92. The van der Waals surface area contributed by atoms with E-state index in [0.29, 0.717) is 6.54 Å². The van der Waals surface area contributed by atoms with Crippen molar-refractivity contribution >= 4 is 17.9 Å². The molecule has 6 nitrogen and oxygen atoms in total. The molecule has 0 spiro atoms. The molecular formula is C15H18N4O2. The summed E-state index contributed by atoms with van der Waals surface area (Å²) in [6, 6.07) is 1.92. The quantitative estimate of drug-likeness (QED) is 0.849. The van der Waals surface area contributed by atoms with E-state index < -0.39 is 5.97 Å². The molecule has 0 amide bonds. The van der Waals surface area contributed by atoms with Gasteiger partial charge in [0.05, 0.1) is 6.20 Å². The van der Waals surface area contributed by atoms with Crippen LogP contribution in [0.5, 0.6) is 0 Å². The molecule has 2 aromatic heterocycles. The van der Waals surface area contributed by atoms with Gasteiger partial charge >= 0.3 is 5.97 Å². The lowest BCUT2D eigenvalue weighted by molar-refractivity contribution is -0.131. The van der Waals surface area contributed by atoms with Crippen LogP contribution in [0.2, 0.25) is 0 Å². The largest absolute Gasteiger partial charge is 0.478 e. The molecule has 1 N–H and O–H groups in total. The summed E-state index contributed by atoms with van der Waals surface area (Å²) >= 11 is 0. The lowest BCUT2D eigenvalue weighted by Gasteiger charge is -2.19. The first-order valence-corrected chi connectivity index (χ1v) is 6.52. The van der Waals surface area contributed by atoms with Crippen LogP contribution >= 0.6 is 0 Å². The van der Waals surface area contributed by atoms with E-state index in [-0.39, 0.29) is 0 Å². The number of aliphatic carboxylic acids is 1. The molecule has 110 valence electrons. The van der Waals surface area contributed by atoms with E-state index in [9.17, 15) is 4.79 Å². The van der Waals surface area contributed by atoms with Crippen molar-refractivity contribution in [2.75, 3.05) is 11.9 Å². The summed E-state index contributed by atoms with van der Waals surface area (Å²) in [6.07, 6.45) is 8.11. The molecule has 0 saturated carbocycles. The molecule has 0 bridgehead atoms. The Bertz CT molecular complexity index is 676. The van der Waals surface area contributed by atoms with Crippen LogP contribution in [0.1, 0.15) is 16.7 Å². The van der Waals surface area contributed by atoms with Gasteiger partial charge in [-0.05, 0) is 30.2 Å². The Hall–Kier alpha value is -2.63. The number of rotatable bonds is 5. The highest BCUT2D eigenvalue weighted by atomic mass is 16.4. The number of pyridine rings is 1. The number of carboxylic acids is 1. The van der Waals surface area contributed by atoms with Crippen LogP contribution in [-0.2, 0) is 18.4 Å². The molecular weight excluding hydrogens is 268 g/mol. The smallest absolute Gasteiger partial charge is 0.328 e. The van der Waals surface area contributed by atoms with Gasteiger partial charge in [0.25, 0.3) is 0 Å². The minimum atomic E-state index is -0.967. The average molecular weight is 286 g/mol. The SMILES string of the molecule is Cc1cc(/C=C/C(=O)O)cnc1N(C)Cc1cnn(C)c1. The van der Waals surface area contributed by atoms with Crippen LogP contribution in [0.4, 0.5) is 5.82 Å². The Labute approximate surface area is 123 Å². The fourth-order valence-electron chi connectivity index (χ4n) is 2.15. The number of carbonyl (C=O) groups is 1. The summed E-state index contributed by atoms with van der Waals surface area (Å²) in [5.41, 5.74) is 2.87. The summed E-state index contributed by atoms with van der Waals surface area (Å²) in [5, 5.41) is 12.8. The second kappa shape index (κ2) is 6.21. The van der Waals surface area contributed by atoms with Crippen molar-refractivity contribution in [2.24, 2.45) is 7.05 Å². The van der Waals surface area contributed by atoms with Gasteiger partial charge in [0.1, 0.15) is 5.82 Å². The van der Waals surface area contributed by atoms with Gasteiger partial charge < -0.3 is 10.0 Å². The second-order valence-corrected chi connectivity index (χ2v) is 4.96. The molecule has 0 atom stereocenters. The van der Waals surface area contributed by atoms with Gasteiger partial charge in [0, 0.05) is 44.7 Å². The maximum Gasteiger partial charge on any atom is 0.328 e. The van der Waals surface area contributed by atoms with E-state index in [2.05, 4.69) is 10.1 Å². The first-order chi connectivity index (χ1) is 9.95. The van der Waals surface area contributed by atoms with Gasteiger partial charge in [-0.3, -0.25) is 4.68 Å². The summed E-state index contributed by atoms with van der Waals surface area (Å²) in [7, 11) is 3.85. The molecule has 2 rings (SSSR count). The van der Waals surface area contributed by atoms with E-state index >= 15 is 0 Å². The summed E-state index contributed by atoms with van der Waals surface area (Å²) in [4.78, 5) is 17.0. The van der Waals surface area contributed by atoms with E-state index in [4.69, 9.17) is 5.11 Å². The van der Waals surface area contributed by atoms with Gasteiger partial charge in [-0.2, -0.15) is 5.10 Å². The Morgan fingerprint density at radius 1 is 1.48 bits per heavy atom. The topological polar surface area (TPSA) is 71.2 Å². The van der Waals surface area contributed by atoms with E-state index in [1.54, 1.807) is 10.9 Å². The zero-order valence-corrected chi connectivity index (χ0v) is 12.3. The summed E-state index contributed by atoms with van der Waals surface area (Å²) in [6.45, 7) is 2.67. The Kier molecular flexibility index (Phi) is 4.37. The van der Waals surface area contributed by atoms with Gasteiger partial charge in [-0.1, -0.05) is 0 Å². The molecule has 6 heteroatoms. The number of carboxylic acid groups (broad SMARTS) is 1. The van der Waals surface area contributed by atoms with Crippen molar-refractivity contribution in [3.8, 4) is 0 Å². The highest BCUT2D eigenvalue weighted by Crippen LogP contribution is 2.19. The standard InChI is InChI=1S/C15H18N4O2/c1-11-6-12(4-5-14(20)21)7-16-15(11)18(2)9-13-8-17-19(3)10-13/h4-8,10H,9H2,1-3H3,(H,20,21)/b5-4+. The number of aryl methyl sites for hydroxylation is 2. The fraction of sp³-hybridized carbons (Fsp3) is 0.267. The molecule has 0 radical (unpaired) electrons. The van der Waals surface area contributed by atoms with Crippen molar-refractivity contribution in [2.45, 2.75) is 13.5 Å². The molecule has 0 unspecified atom stereocenters. The third-order valence-corrected chi connectivity index (χ3v) is 3.03. The number of hydrogen-bond donors (Lipinski definition) is 1. The number of hydrogen-bond acceptors (Lipinski definition) is 4. The first-order valence-electron chi connectivity index (χ1n) is 6.52. The van der Waals surface area contributed by atoms with Crippen LogP contribution in [0.25, 0.3) is 6.08 Å². The predicted octanol–water partition coefficient (Wildman–Crippen LogP) is 1.86. The van der Waals surface area contributed by atoms with Crippen LogP contribution in [0.3, 0.4) is 0 Å². The van der Waals surface area contributed by atoms with Crippen LogP contribution in [0, 0.1) is 6.92 Å². The van der Waals surface area contributed by atoms with Crippen LogP contribution in [-0.4, -0.2) is 32.9 Å². The fourth-order valence-corrected chi connectivity index (χ4v) is 2.15. The summed E-state index contributed by atoms with van der Waals surface area (Å²) in [5.74, 6) is -0.100. The zero-order valence-electron chi connectivity index (χ0n) is 12.3. The van der Waals surface area contributed by atoms with Crippen molar-refractivity contribution < 1.29 is 9.90 Å². The minimum absolute atomic E-state index is 0.714. The van der Waals surface area contributed by atoms with E-state index in [1.807, 2.05) is 44.4 Å². The Balaban J connectivity index is 2.14. The number of anilines is 1. The van der Waals surface area contributed by atoms with Crippen molar-refractivity contribution in [3.63, 3.8) is 0 Å². The first kappa shape index (κ1) is 14.8. The van der Waals surface area contributed by atoms with Crippen LogP contribution < -0.4 is 4.90 Å². The monoisotopic (exact) mass is 286 g/mol. The highest BCUT2D eigenvalue weighted by Gasteiger charge is 2.08. The highest BCUT2D eigenvalue weighted by molar-refractivity contribution is 5.85. The Morgan fingerprint density at radius 3 is 2.81 bits per heavy atom.